The van der Waals surface area contributed by atoms with Gasteiger partial charge in [0.05, 0.1) is 33.8 Å². The topological polar surface area (TPSA) is 111 Å². The fraction of sp³-hybridized carbons (Fsp3) is 0.806. The minimum Gasteiger partial charge on any atom is -0.456 e. The van der Waals surface area contributed by atoms with Crippen molar-refractivity contribution in [1.29, 1.82) is 0 Å². The lowest BCUT2D eigenvalue weighted by atomic mass is 10.0. The molecule has 0 aromatic heterocycles. The average Bonchev–Trinajstić information content (AvgIpc) is 3.47. The number of nitrogens with zero attached hydrogens (tertiary/aromatic N) is 1. The summed E-state index contributed by atoms with van der Waals surface area (Å²) in [7, 11) is 1.49. The third-order valence-corrected chi connectivity index (χ3v) is 16.4. The Balaban J connectivity index is 5.07. The van der Waals surface area contributed by atoms with Gasteiger partial charge in [-0.2, -0.15) is 0 Å². The summed E-state index contributed by atoms with van der Waals surface area (Å²) in [5.74, 6) is -0.506. The summed E-state index contributed by atoms with van der Waals surface area (Å²) in [4.78, 5) is 37.8. The number of nitrogens with one attached hydrogen (secondary N) is 1. The van der Waals surface area contributed by atoms with Crippen LogP contribution in [0.1, 0.15) is 323 Å². The van der Waals surface area contributed by atoms with Crippen molar-refractivity contribution >= 4 is 19.7 Å². The van der Waals surface area contributed by atoms with Crippen LogP contribution in [0.2, 0.25) is 0 Å². The Bertz CT molecular complexity index is 1630. The average molecular weight is 1170 g/mol. The number of hydrogen-bond donors (Lipinski definition) is 2. The van der Waals surface area contributed by atoms with Crippen molar-refractivity contribution in [1.82, 2.24) is 5.32 Å². The highest BCUT2D eigenvalue weighted by Gasteiger charge is 2.30. The van der Waals surface area contributed by atoms with Crippen molar-refractivity contribution < 1.29 is 37.3 Å². The predicted octanol–water partition coefficient (Wildman–Crippen LogP) is 22.0. The van der Waals surface area contributed by atoms with Crippen LogP contribution < -0.4 is 5.32 Å². The Labute approximate surface area is 508 Å². The lowest BCUT2D eigenvalue weighted by Gasteiger charge is -2.27. The molecule has 10 heteroatoms. The molecule has 0 saturated heterocycles. The van der Waals surface area contributed by atoms with E-state index in [4.69, 9.17) is 13.8 Å². The first-order chi connectivity index (χ1) is 39.9. The van der Waals surface area contributed by atoms with Gasteiger partial charge in [-0.15, -0.1) is 0 Å². The quantitative estimate of drug-likeness (QED) is 0.0205. The van der Waals surface area contributed by atoms with Gasteiger partial charge in [0.15, 0.2) is 0 Å². The molecule has 0 aliphatic carbocycles. The van der Waals surface area contributed by atoms with E-state index in [0.717, 1.165) is 77.0 Å². The summed E-state index contributed by atoms with van der Waals surface area (Å²) in [5.41, 5.74) is 0. The summed E-state index contributed by atoms with van der Waals surface area (Å²) in [6.45, 7) is 7.00. The second kappa shape index (κ2) is 61.5. The number of allylic oxidation sites excluding steroid dienone is 11. The molecule has 0 fully saturated rings. The second-order valence-electron chi connectivity index (χ2n) is 24.7. The molecule has 0 radical (unpaired) electrons. The van der Waals surface area contributed by atoms with Crippen LogP contribution in [-0.4, -0.2) is 74.3 Å². The van der Waals surface area contributed by atoms with Crippen LogP contribution >= 0.6 is 7.82 Å². The first-order valence-corrected chi connectivity index (χ1v) is 36.3. The number of phosphoric ester groups is 1. The summed E-state index contributed by atoms with van der Waals surface area (Å²) in [6.07, 6.45) is 80.5. The molecule has 3 atom stereocenters. The second-order valence-corrected chi connectivity index (χ2v) is 26.1. The number of esters is 1. The van der Waals surface area contributed by atoms with Crippen LogP contribution in [0, 0.1) is 0 Å². The zero-order chi connectivity index (χ0) is 60.0. The highest BCUT2D eigenvalue weighted by atomic mass is 31.2. The van der Waals surface area contributed by atoms with Crippen LogP contribution in [-0.2, 0) is 27.9 Å². The van der Waals surface area contributed by atoms with E-state index in [1.165, 1.54) is 212 Å². The molecular formula is C72H134N2O7P+. The molecule has 478 valence electrons. The Kier molecular flexibility index (Phi) is 59.6. The van der Waals surface area contributed by atoms with Crippen LogP contribution in [0.15, 0.2) is 72.9 Å². The summed E-state index contributed by atoms with van der Waals surface area (Å²) in [5, 5.41) is 3.07. The first-order valence-electron chi connectivity index (χ1n) is 34.8. The molecule has 0 aromatic carbocycles. The van der Waals surface area contributed by atoms with Crippen molar-refractivity contribution in [3.63, 3.8) is 0 Å². The van der Waals surface area contributed by atoms with E-state index in [1.54, 1.807) is 0 Å². The van der Waals surface area contributed by atoms with Gasteiger partial charge in [-0.05, 0) is 102 Å². The molecule has 0 heterocycles. The first kappa shape index (κ1) is 79.5. The van der Waals surface area contributed by atoms with Gasteiger partial charge in [-0.3, -0.25) is 18.6 Å². The van der Waals surface area contributed by atoms with Gasteiger partial charge in [0.1, 0.15) is 19.3 Å². The van der Waals surface area contributed by atoms with Crippen molar-refractivity contribution in [3.05, 3.63) is 72.9 Å². The molecule has 0 rings (SSSR count). The zero-order valence-electron chi connectivity index (χ0n) is 54.7. The molecule has 0 aliphatic rings. The van der Waals surface area contributed by atoms with Crippen LogP contribution in [0.25, 0.3) is 0 Å². The smallest absolute Gasteiger partial charge is 0.456 e. The molecule has 9 nitrogen and oxygen atoms in total. The number of rotatable bonds is 63. The van der Waals surface area contributed by atoms with Crippen molar-refractivity contribution in [2.75, 3.05) is 40.9 Å². The van der Waals surface area contributed by atoms with E-state index in [2.05, 4.69) is 86.8 Å². The van der Waals surface area contributed by atoms with Gasteiger partial charge < -0.3 is 19.4 Å². The number of hydrogen-bond acceptors (Lipinski definition) is 6. The summed E-state index contributed by atoms with van der Waals surface area (Å²) in [6, 6.07) is -0.854. The van der Waals surface area contributed by atoms with E-state index < -0.39 is 20.0 Å². The van der Waals surface area contributed by atoms with E-state index in [9.17, 15) is 19.0 Å². The molecule has 3 unspecified atom stereocenters. The van der Waals surface area contributed by atoms with E-state index in [-0.39, 0.29) is 31.5 Å². The SMILES string of the molecule is CCCCC/C=C\C/C=C\C/C=C\C/C=C\CCCCCCCCCCCCCC(=O)NC(COP(=O)(O)OCC[N+](C)(C)C)C(/C=C\CCCCCCCCCCCC)OC(=O)CCCCCCCCC/C=C/CCCCCCCC. The van der Waals surface area contributed by atoms with Gasteiger partial charge in [0, 0.05) is 12.8 Å². The molecule has 1 amide bonds. The normalized spacial score (nSPS) is 14.0. The van der Waals surface area contributed by atoms with Gasteiger partial charge in [0.25, 0.3) is 0 Å². The van der Waals surface area contributed by atoms with E-state index in [1.807, 2.05) is 33.3 Å². The number of carbonyl (C=O) groups excluding carboxylic acids is 2. The van der Waals surface area contributed by atoms with Crippen LogP contribution in [0.3, 0.4) is 0 Å². The standard InChI is InChI=1S/C72H133N2O7P/c1-7-10-13-16-19-22-25-28-30-32-33-34-35-36-37-38-39-40-41-43-44-46-49-52-55-58-61-64-71(75)73-69(68-80-82(77,78)79-67-66-74(4,5)6)70(63-60-57-54-51-48-27-24-21-18-15-12-9-3)81-72(76)65-62-59-56-53-50-47-45-42-31-29-26-23-20-17-14-11-8-2/h19,22,28-31,33-34,36-37,60,63,69-70H,7-18,20-21,23-27,32,35,38-59,61-62,64-68H2,1-6H3,(H-,73,75,77,78)/p+1/b22-19-,30-28-,31-29+,34-33-,37-36-,63-60-. The number of likely N-dealkylation sites (N-methyl/N-ethyl adjacent to an activating group) is 1. The minimum atomic E-state index is -4.46. The Morgan fingerprint density at radius 1 is 0.427 bits per heavy atom. The van der Waals surface area contributed by atoms with E-state index >= 15 is 0 Å². The van der Waals surface area contributed by atoms with Crippen molar-refractivity contribution in [3.8, 4) is 0 Å². The van der Waals surface area contributed by atoms with Gasteiger partial charge in [-0.25, -0.2) is 4.57 Å². The predicted molar refractivity (Wildman–Crippen MR) is 355 cm³/mol. The third kappa shape index (κ3) is 62.0. The Morgan fingerprint density at radius 2 is 0.744 bits per heavy atom. The highest BCUT2D eigenvalue weighted by Crippen LogP contribution is 2.43. The largest absolute Gasteiger partial charge is 0.472 e. The molecular weight excluding hydrogens is 1040 g/mol. The van der Waals surface area contributed by atoms with Gasteiger partial charge >= 0.3 is 13.8 Å². The van der Waals surface area contributed by atoms with Gasteiger partial charge in [0.2, 0.25) is 5.91 Å². The lowest BCUT2D eigenvalue weighted by Crippen LogP contribution is -2.47. The fourth-order valence-corrected chi connectivity index (χ4v) is 10.7. The molecule has 0 spiro atoms. The van der Waals surface area contributed by atoms with E-state index in [0.29, 0.717) is 17.4 Å². The zero-order valence-corrected chi connectivity index (χ0v) is 55.6. The fourth-order valence-electron chi connectivity index (χ4n) is 9.98. The molecule has 0 saturated carbocycles. The highest BCUT2D eigenvalue weighted by molar-refractivity contribution is 7.47. The maximum atomic E-state index is 13.6. The maximum absolute atomic E-state index is 13.6. The number of carbonyl (C=O) groups is 2. The van der Waals surface area contributed by atoms with Crippen molar-refractivity contribution in [2.45, 2.75) is 335 Å². The Morgan fingerprint density at radius 3 is 1.15 bits per heavy atom. The Hall–Kier alpha value is -2.55. The van der Waals surface area contributed by atoms with Crippen molar-refractivity contribution in [2.24, 2.45) is 0 Å². The maximum Gasteiger partial charge on any atom is 0.472 e. The number of unbranched alkanes of at least 4 members (excludes halogenated alkanes) is 37. The van der Waals surface area contributed by atoms with Crippen LogP contribution in [0.4, 0.5) is 0 Å². The monoisotopic (exact) mass is 1170 g/mol. The summed E-state index contributed by atoms with van der Waals surface area (Å²) < 4.78 is 30.8. The molecule has 0 bridgehead atoms. The number of phosphoric acid groups is 1. The molecule has 0 aromatic rings. The molecule has 2 N–H and O–H groups in total. The lowest BCUT2D eigenvalue weighted by molar-refractivity contribution is -0.870. The minimum absolute atomic E-state index is 0.0377. The number of amides is 1. The third-order valence-electron chi connectivity index (χ3n) is 15.4. The summed E-state index contributed by atoms with van der Waals surface area (Å²) >= 11 is 0. The molecule has 82 heavy (non-hydrogen) atoms. The van der Waals surface area contributed by atoms with Crippen LogP contribution in [0.5, 0.6) is 0 Å². The number of ether oxygens (including phenoxy) is 1. The molecule has 0 aliphatic heterocycles. The van der Waals surface area contributed by atoms with Gasteiger partial charge in [-0.1, -0.05) is 280 Å². The number of quaternary nitrogens is 1.